The number of carbonyl (C=O) groups excluding carboxylic acids is 2. The van der Waals surface area contributed by atoms with Crippen LogP contribution in [0.1, 0.15) is 50.8 Å². The lowest BCUT2D eigenvalue weighted by atomic mass is 9.87. The summed E-state index contributed by atoms with van der Waals surface area (Å²) in [5.41, 5.74) is 8.12. The van der Waals surface area contributed by atoms with E-state index >= 15 is 0 Å². The fourth-order valence-corrected chi connectivity index (χ4v) is 4.17. The molecule has 0 radical (unpaired) electrons. The van der Waals surface area contributed by atoms with Gasteiger partial charge in [-0.2, -0.15) is 0 Å². The van der Waals surface area contributed by atoms with Crippen molar-refractivity contribution in [1.29, 1.82) is 0 Å². The molecule has 2 aromatic rings. The summed E-state index contributed by atoms with van der Waals surface area (Å²) in [6.07, 6.45) is 4.98. The molecule has 0 spiro atoms. The molecular formula is C30H33N3O2. The molecule has 4 rings (SSSR count). The van der Waals surface area contributed by atoms with E-state index in [0.717, 1.165) is 28.7 Å². The standard InChI is InChI=1S/C30H33N3O2/c1-19-6-10-22(11-7-19)23-14-20(2)26(16-23)29(35)32-25-12-8-21(9-13-25)15-28(34)33-27-17-24(18-31-27)30(3,4)5/h6-13,16-17H,14-15,18H2,1-5H3,(H,32,35)(H,31,33,34). The van der Waals surface area contributed by atoms with E-state index in [0.29, 0.717) is 23.6 Å². The highest BCUT2D eigenvalue weighted by Gasteiger charge is 2.22. The van der Waals surface area contributed by atoms with Crippen molar-refractivity contribution in [3.8, 4) is 0 Å². The van der Waals surface area contributed by atoms with Crippen LogP contribution in [0, 0.1) is 12.3 Å². The summed E-state index contributed by atoms with van der Waals surface area (Å²) in [4.78, 5) is 29.8. The van der Waals surface area contributed by atoms with Gasteiger partial charge in [0.1, 0.15) is 5.84 Å². The summed E-state index contributed by atoms with van der Waals surface area (Å²) >= 11 is 0. The maximum Gasteiger partial charge on any atom is 0.255 e. The van der Waals surface area contributed by atoms with Crippen LogP contribution in [0.5, 0.6) is 0 Å². The third-order valence-corrected chi connectivity index (χ3v) is 6.44. The zero-order valence-corrected chi connectivity index (χ0v) is 21.2. The van der Waals surface area contributed by atoms with Gasteiger partial charge >= 0.3 is 0 Å². The molecule has 0 fully saturated rings. The van der Waals surface area contributed by atoms with E-state index in [1.54, 1.807) is 0 Å². The van der Waals surface area contributed by atoms with Gasteiger partial charge in [0.25, 0.3) is 5.91 Å². The van der Waals surface area contributed by atoms with Gasteiger partial charge in [0, 0.05) is 11.3 Å². The maximum absolute atomic E-state index is 12.9. The van der Waals surface area contributed by atoms with Crippen molar-refractivity contribution in [3.63, 3.8) is 0 Å². The first-order valence-corrected chi connectivity index (χ1v) is 12.0. The number of amidine groups is 1. The van der Waals surface area contributed by atoms with Crippen LogP contribution in [0.4, 0.5) is 5.69 Å². The Morgan fingerprint density at radius 1 is 0.914 bits per heavy atom. The van der Waals surface area contributed by atoms with Crippen LogP contribution >= 0.6 is 0 Å². The van der Waals surface area contributed by atoms with Gasteiger partial charge in [0.05, 0.1) is 13.0 Å². The number of aliphatic imine (C=N–C) groups is 1. The Labute approximate surface area is 207 Å². The van der Waals surface area contributed by atoms with E-state index in [2.05, 4.69) is 67.6 Å². The van der Waals surface area contributed by atoms with E-state index in [4.69, 9.17) is 0 Å². The van der Waals surface area contributed by atoms with Gasteiger partial charge in [-0.1, -0.05) is 68.3 Å². The Bertz CT molecular complexity index is 1270. The predicted molar refractivity (Wildman–Crippen MR) is 143 cm³/mol. The number of aryl methyl sites for hydroxylation is 1. The second-order valence-corrected chi connectivity index (χ2v) is 10.4. The molecule has 0 unspecified atom stereocenters. The molecule has 2 N–H and O–H groups in total. The minimum Gasteiger partial charge on any atom is -0.322 e. The van der Waals surface area contributed by atoms with Crippen LogP contribution in [0.25, 0.3) is 5.57 Å². The largest absolute Gasteiger partial charge is 0.322 e. The van der Waals surface area contributed by atoms with Crippen molar-refractivity contribution in [1.82, 2.24) is 5.32 Å². The number of carbonyl (C=O) groups is 2. The van der Waals surface area contributed by atoms with E-state index in [9.17, 15) is 9.59 Å². The molecular weight excluding hydrogens is 434 g/mol. The highest BCUT2D eigenvalue weighted by atomic mass is 16.2. The van der Waals surface area contributed by atoms with E-state index < -0.39 is 0 Å². The Hall–Kier alpha value is -3.73. The number of amides is 2. The highest BCUT2D eigenvalue weighted by Crippen LogP contribution is 2.33. The van der Waals surface area contributed by atoms with Crippen LogP contribution in [-0.2, 0) is 16.0 Å². The van der Waals surface area contributed by atoms with Gasteiger partial charge in [-0.05, 0) is 72.2 Å². The minimum absolute atomic E-state index is 0.0430. The summed E-state index contributed by atoms with van der Waals surface area (Å²) in [7, 11) is 0. The SMILES string of the molecule is CC1=C(C(=O)Nc2ccc(CC(=O)NC3=NCC(C(C)(C)C)=C3)cc2)C=C(c2ccc(C)cc2)C1. The first kappa shape index (κ1) is 24.4. The molecule has 2 amide bonds. The Morgan fingerprint density at radius 2 is 1.60 bits per heavy atom. The van der Waals surface area contributed by atoms with Crippen molar-refractivity contribution >= 4 is 28.9 Å². The van der Waals surface area contributed by atoms with Crippen LogP contribution in [0.2, 0.25) is 0 Å². The van der Waals surface area contributed by atoms with Crippen LogP contribution in [0.3, 0.4) is 0 Å². The topological polar surface area (TPSA) is 70.6 Å². The Morgan fingerprint density at radius 3 is 2.23 bits per heavy atom. The number of anilines is 1. The normalized spacial score (nSPS) is 15.5. The number of benzene rings is 2. The molecule has 180 valence electrons. The number of hydrogen-bond donors (Lipinski definition) is 2. The Kier molecular flexibility index (Phi) is 6.88. The predicted octanol–water partition coefficient (Wildman–Crippen LogP) is 5.78. The van der Waals surface area contributed by atoms with Crippen LogP contribution < -0.4 is 10.6 Å². The first-order valence-electron chi connectivity index (χ1n) is 12.0. The van der Waals surface area contributed by atoms with E-state index in [-0.39, 0.29) is 23.7 Å². The van der Waals surface area contributed by atoms with Crippen molar-refractivity contribution in [2.45, 2.75) is 47.5 Å². The van der Waals surface area contributed by atoms with Crippen LogP contribution in [0.15, 0.2) is 82.4 Å². The quantitative estimate of drug-likeness (QED) is 0.585. The lowest BCUT2D eigenvalue weighted by molar-refractivity contribution is -0.119. The molecule has 5 heteroatoms. The maximum atomic E-state index is 12.9. The van der Waals surface area contributed by atoms with Crippen molar-refractivity contribution < 1.29 is 9.59 Å². The molecule has 0 saturated carbocycles. The fourth-order valence-electron chi connectivity index (χ4n) is 4.17. The molecule has 35 heavy (non-hydrogen) atoms. The smallest absolute Gasteiger partial charge is 0.255 e. The van der Waals surface area contributed by atoms with E-state index in [1.807, 2.05) is 43.3 Å². The molecule has 0 bridgehead atoms. The zero-order chi connectivity index (χ0) is 25.2. The van der Waals surface area contributed by atoms with Gasteiger partial charge in [0.15, 0.2) is 0 Å². The fraction of sp³-hybridized carbons (Fsp3) is 0.300. The first-order chi connectivity index (χ1) is 16.6. The number of nitrogens with one attached hydrogen (secondary N) is 2. The molecule has 2 aromatic carbocycles. The highest BCUT2D eigenvalue weighted by molar-refractivity contribution is 6.09. The number of allylic oxidation sites excluding steroid dienone is 2. The van der Waals surface area contributed by atoms with Crippen molar-refractivity contribution in [3.05, 3.63) is 94.1 Å². The minimum atomic E-state index is -0.115. The number of rotatable bonds is 5. The average Bonchev–Trinajstić information content (AvgIpc) is 3.42. The second-order valence-electron chi connectivity index (χ2n) is 10.4. The molecule has 2 aliphatic rings. The third-order valence-electron chi connectivity index (χ3n) is 6.44. The van der Waals surface area contributed by atoms with Crippen LogP contribution in [-0.4, -0.2) is 24.2 Å². The lowest BCUT2D eigenvalue weighted by Crippen LogP contribution is -2.29. The lowest BCUT2D eigenvalue weighted by Gasteiger charge is -2.18. The van der Waals surface area contributed by atoms with Crippen molar-refractivity contribution in [2.75, 3.05) is 11.9 Å². The molecule has 5 nitrogen and oxygen atoms in total. The Balaban J connectivity index is 1.33. The van der Waals surface area contributed by atoms with Gasteiger partial charge in [-0.25, -0.2) is 0 Å². The van der Waals surface area contributed by atoms with Crippen molar-refractivity contribution in [2.24, 2.45) is 10.4 Å². The summed E-state index contributed by atoms with van der Waals surface area (Å²) in [6, 6.07) is 15.8. The summed E-state index contributed by atoms with van der Waals surface area (Å²) in [6.45, 7) is 11.1. The molecule has 1 aliphatic heterocycles. The molecule has 1 aliphatic carbocycles. The molecule has 0 saturated heterocycles. The summed E-state index contributed by atoms with van der Waals surface area (Å²) in [5.74, 6) is 0.408. The number of hydrogen-bond acceptors (Lipinski definition) is 3. The molecule has 0 aromatic heterocycles. The summed E-state index contributed by atoms with van der Waals surface area (Å²) in [5, 5.41) is 5.88. The van der Waals surface area contributed by atoms with E-state index in [1.165, 1.54) is 11.1 Å². The van der Waals surface area contributed by atoms with Gasteiger partial charge < -0.3 is 10.6 Å². The third kappa shape index (κ3) is 6.04. The van der Waals surface area contributed by atoms with Gasteiger partial charge in [-0.15, -0.1) is 0 Å². The second kappa shape index (κ2) is 9.87. The zero-order valence-electron chi connectivity index (χ0n) is 21.2. The molecule has 0 atom stereocenters. The number of nitrogens with zero attached hydrogens (tertiary/aromatic N) is 1. The monoisotopic (exact) mass is 467 g/mol. The summed E-state index contributed by atoms with van der Waals surface area (Å²) < 4.78 is 0. The van der Waals surface area contributed by atoms with Gasteiger partial charge in [-0.3, -0.25) is 14.6 Å². The molecule has 1 heterocycles. The average molecular weight is 468 g/mol. The van der Waals surface area contributed by atoms with Gasteiger partial charge in [0.2, 0.25) is 5.91 Å².